The third kappa shape index (κ3) is 2.24. The number of hydrogen-bond acceptors (Lipinski definition) is 5. The van der Waals surface area contributed by atoms with Crippen LogP contribution < -0.4 is 17.0 Å². The summed E-state index contributed by atoms with van der Waals surface area (Å²) < 4.78 is 3.28. The van der Waals surface area contributed by atoms with Gasteiger partial charge in [0.1, 0.15) is 11.6 Å². The smallest absolute Gasteiger partial charge is 0.308 e. The molecule has 1 aliphatic rings. The average molecular weight is 260 g/mol. The van der Waals surface area contributed by atoms with Gasteiger partial charge < -0.3 is 5.43 Å². The second kappa shape index (κ2) is 4.85. The molecule has 3 rings (SSSR count). The van der Waals surface area contributed by atoms with Crippen molar-refractivity contribution < 1.29 is 0 Å². The van der Waals surface area contributed by atoms with Crippen LogP contribution in [0, 0.1) is 0 Å². The van der Waals surface area contributed by atoms with E-state index in [1.165, 1.54) is 4.68 Å². The predicted molar refractivity (Wildman–Crippen MR) is 70.6 cm³/mol. The number of anilines is 1. The maximum absolute atomic E-state index is 12.2. The number of fused-ring (bicyclic) bond motifs is 1. The Bertz CT molecular complexity index is 627. The molecule has 2 aromatic heterocycles. The molecule has 0 aromatic carbocycles. The molecular formula is C12H16N6O. The normalized spacial score (nSPS) is 14.2. The molecule has 0 bridgehead atoms. The van der Waals surface area contributed by atoms with E-state index in [0.29, 0.717) is 12.4 Å². The molecule has 100 valence electrons. The summed E-state index contributed by atoms with van der Waals surface area (Å²) in [5, 5.41) is 4.39. The van der Waals surface area contributed by atoms with E-state index < -0.39 is 0 Å². The first-order valence-corrected chi connectivity index (χ1v) is 6.36. The number of hydrogen-bond donors (Lipinski definition) is 2. The summed E-state index contributed by atoms with van der Waals surface area (Å²) in [6.45, 7) is 1.22. The standard InChI is InChI=1S/C12H16N6O/c13-15-10-5-4-9(7-14-10)8-18-12(19)17-6-2-1-3-11(17)16-18/h4-5,7H,1-3,6,8,13H2,(H,14,15). The molecule has 3 N–H and O–H groups in total. The fourth-order valence-electron chi connectivity index (χ4n) is 2.33. The first kappa shape index (κ1) is 11.9. The lowest BCUT2D eigenvalue weighted by atomic mass is 10.2. The van der Waals surface area contributed by atoms with E-state index in [2.05, 4.69) is 15.5 Å². The van der Waals surface area contributed by atoms with Crippen molar-refractivity contribution in [2.45, 2.75) is 32.4 Å². The number of nitrogens with two attached hydrogens (primary N) is 1. The van der Waals surface area contributed by atoms with Gasteiger partial charge in [-0.15, -0.1) is 0 Å². The van der Waals surface area contributed by atoms with Crippen molar-refractivity contribution in [2.24, 2.45) is 5.84 Å². The summed E-state index contributed by atoms with van der Waals surface area (Å²) in [7, 11) is 0. The highest BCUT2D eigenvalue weighted by Crippen LogP contribution is 2.10. The third-order valence-electron chi connectivity index (χ3n) is 3.34. The lowest BCUT2D eigenvalue weighted by Gasteiger charge is -2.09. The molecule has 1 aliphatic heterocycles. The molecule has 0 aliphatic carbocycles. The molecule has 0 atom stereocenters. The van der Waals surface area contributed by atoms with Crippen LogP contribution in [0.25, 0.3) is 0 Å². The van der Waals surface area contributed by atoms with Gasteiger partial charge in [0, 0.05) is 19.2 Å². The zero-order valence-corrected chi connectivity index (χ0v) is 10.5. The van der Waals surface area contributed by atoms with Crippen LogP contribution in [-0.2, 0) is 19.5 Å². The maximum atomic E-state index is 12.2. The van der Waals surface area contributed by atoms with E-state index >= 15 is 0 Å². The van der Waals surface area contributed by atoms with Crippen LogP contribution >= 0.6 is 0 Å². The molecule has 7 heteroatoms. The van der Waals surface area contributed by atoms with Gasteiger partial charge in [0.05, 0.1) is 6.54 Å². The molecule has 0 amide bonds. The lowest BCUT2D eigenvalue weighted by molar-refractivity contribution is 0.511. The van der Waals surface area contributed by atoms with Crippen molar-refractivity contribution >= 4 is 5.82 Å². The van der Waals surface area contributed by atoms with Gasteiger partial charge in [-0.1, -0.05) is 6.07 Å². The molecule has 0 fully saturated rings. The number of pyridine rings is 1. The van der Waals surface area contributed by atoms with Crippen molar-refractivity contribution in [1.82, 2.24) is 19.3 Å². The number of nitrogen functional groups attached to an aromatic ring is 1. The van der Waals surface area contributed by atoms with Gasteiger partial charge >= 0.3 is 5.69 Å². The minimum Gasteiger partial charge on any atom is -0.308 e. The molecule has 7 nitrogen and oxygen atoms in total. The summed E-state index contributed by atoms with van der Waals surface area (Å²) in [5.74, 6) is 6.75. The van der Waals surface area contributed by atoms with Crippen molar-refractivity contribution in [3.05, 3.63) is 40.2 Å². The molecule has 19 heavy (non-hydrogen) atoms. The predicted octanol–water partition coefficient (Wildman–Crippen LogP) is 0.110. The van der Waals surface area contributed by atoms with Crippen LogP contribution in [0.3, 0.4) is 0 Å². The molecule has 3 heterocycles. The molecular weight excluding hydrogens is 244 g/mol. The van der Waals surface area contributed by atoms with Crippen LogP contribution in [-0.4, -0.2) is 19.3 Å². The Balaban J connectivity index is 1.86. The van der Waals surface area contributed by atoms with Gasteiger partial charge in [-0.25, -0.2) is 20.3 Å². The fourth-order valence-corrected chi connectivity index (χ4v) is 2.33. The van der Waals surface area contributed by atoms with E-state index in [1.54, 1.807) is 16.8 Å². The van der Waals surface area contributed by atoms with Gasteiger partial charge in [0.2, 0.25) is 0 Å². The highest BCUT2D eigenvalue weighted by Gasteiger charge is 2.16. The Morgan fingerprint density at radius 1 is 1.37 bits per heavy atom. The van der Waals surface area contributed by atoms with Crippen LogP contribution in [0.1, 0.15) is 24.2 Å². The van der Waals surface area contributed by atoms with Crippen molar-refractivity contribution in [1.29, 1.82) is 0 Å². The Kier molecular flexibility index (Phi) is 3.04. The molecule has 0 spiro atoms. The molecule has 2 aromatic rings. The van der Waals surface area contributed by atoms with Crippen LogP contribution in [0.4, 0.5) is 5.82 Å². The Labute approximate surface area is 110 Å². The van der Waals surface area contributed by atoms with Gasteiger partial charge in [0.15, 0.2) is 0 Å². The SMILES string of the molecule is NNc1ccc(Cn2nc3n(c2=O)CCCC3)cn1. The highest BCUT2D eigenvalue weighted by molar-refractivity contribution is 5.33. The number of hydrazine groups is 1. The molecule has 0 saturated carbocycles. The second-order valence-corrected chi connectivity index (χ2v) is 4.66. The summed E-state index contributed by atoms with van der Waals surface area (Å²) >= 11 is 0. The monoisotopic (exact) mass is 260 g/mol. The van der Waals surface area contributed by atoms with E-state index in [1.807, 2.05) is 6.07 Å². The summed E-state index contributed by atoms with van der Waals surface area (Å²) in [5.41, 5.74) is 3.37. The number of nitrogens with zero attached hydrogens (tertiary/aromatic N) is 4. The number of nitrogens with one attached hydrogen (secondary N) is 1. The lowest BCUT2D eigenvalue weighted by Crippen LogP contribution is -2.27. The van der Waals surface area contributed by atoms with E-state index in [4.69, 9.17) is 5.84 Å². The van der Waals surface area contributed by atoms with Crippen LogP contribution in [0.15, 0.2) is 23.1 Å². The Morgan fingerprint density at radius 2 is 2.26 bits per heavy atom. The van der Waals surface area contributed by atoms with Crippen molar-refractivity contribution in [3.8, 4) is 0 Å². The summed E-state index contributed by atoms with van der Waals surface area (Å²) in [6.07, 6.45) is 4.74. The number of aromatic nitrogens is 4. The van der Waals surface area contributed by atoms with Crippen LogP contribution in [0.5, 0.6) is 0 Å². The summed E-state index contributed by atoms with van der Waals surface area (Å²) in [4.78, 5) is 16.3. The topological polar surface area (TPSA) is 90.8 Å². The van der Waals surface area contributed by atoms with Crippen molar-refractivity contribution in [3.63, 3.8) is 0 Å². The third-order valence-corrected chi connectivity index (χ3v) is 3.34. The van der Waals surface area contributed by atoms with Gasteiger partial charge in [-0.05, 0) is 24.5 Å². The first-order chi connectivity index (χ1) is 9.28. The summed E-state index contributed by atoms with van der Waals surface area (Å²) in [6, 6.07) is 3.66. The second-order valence-electron chi connectivity index (χ2n) is 4.66. The average Bonchev–Trinajstić information content (AvgIpc) is 2.77. The Hall–Kier alpha value is -2.15. The van der Waals surface area contributed by atoms with Crippen molar-refractivity contribution in [2.75, 3.05) is 5.43 Å². The van der Waals surface area contributed by atoms with E-state index in [9.17, 15) is 4.79 Å². The van der Waals surface area contributed by atoms with Gasteiger partial charge in [0.25, 0.3) is 0 Å². The molecule has 0 radical (unpaired) electrons. The first-order valence-electron chi connectivity index (χ1n) is 6.36. The highest BCUT2D eigenvalue weighted by atomic mass is 16.2. The van der Waals surface area contributed by atoms with Crippen LogP contribution in [0.2, 0.25) is 0 Å². The maximum Gasteiger partial charge on any atom is 0.346 e. The number of aryl methyl sites for hydroxylation is 1. The Morgan fingerprint density at radius 3 is 2.95 bits per heavy atom. The zero-order chi connectivity index (χ0) is 13.2. The fraction of sp³-hybridized carbons (Fsp3) is 0.417. The molecule has 0 unspecified atom stereocenters. The van der Waals surface area contributed by atoms with Gasteiger partial charge in [-0.3, -0.25) is 4.57 Å². The number of rotatable bonds is 3. The van der Waals surface area contributed by atoms with Gasteiger partial charge in [-0.2, -0.15) is 5.10 Å². The minimum absolute atomic E-state index is 0.0317. The minimum atomic E-state index is -0.0317. The van der Waals surface area contributed by atoms with E-state index in [0.717, 1.165) is 37.2 Å². The molecule has 0 saturated heterocycles. The quantitative estimate of drug-likeness (QED) is 0.604. The largest absolute Gasteiger partial charge is 0.346 e. The van der Waals surface area contributed by atoms with E-state index in [-0.39, 0.29) is 5.69 Å². The zero-order valence-electron chi connectivity index (χ0n) is 10.5.